The molecule has 110 valence electrons. The topological polar surface area (TPSA) is 87.7 Å². The molecule has 0 heterocycles. The van der Waals surface area contributed by atoms with E-state index in [0.29, 0.717) is 5.56 Å². The fraction of sp³-hybridized carbons (Fsp3) is 0.385. The van der Waals surface area contributed by atoms with Gasteiger partial charge in [-0.15, -0.1) is 0 Å². The minimum Gasteiger partial charge on any atom is -0.409 e. The Labute approximate surface area is 121 Å². The number of carbonyl (C=O) groups excluding carboxylic acids is 1. The monoisotopic (exact) mass is 301 g/mol. The van der Waals surface area contributed by atoms with Crippen LogP contribution in [0.15, 0.2) is 23.4 Å². The van der Waals surface area contributed by atoms with Crippen molar-refractivity contribution in [3.8, 4) is 0 Å². The quantitative estimate of drug-likeness (QED) is 0.337. The number of nitrogens with two attached hydrogens (primary N) is 1. The van der Waals surface area contributed by atoms with Crippen LogP contribution in [0.25, 0.3) is 0 Å². The van der Waals surface area contributed by atoms with E-state index in [1.165, 1.54) is 18.2 Å². The summed E-state index contributed by atoms with van der Waals surface area (Å²) in [6, 6.07) is 4.19. The molecule has 0 saturated carbocycles. The highest BCUT2D eigenvalue weighted by molar-refractivity contribution is 6.30. The van der Waals surface area contributed by atoms with Gasteiger partial charge in [-0.3, -0.25) is 4.79 Å². The van der Waals surface area contributed by atoms with Crippen molar-refractivity contribution in [2.75, 3.05) is 0 Å². The predicted octanol–water partition coefficient (Wildman–Crippen LogP) is 2.11. The van der Waals surface area contributed by atoms with Crippen LogP contribution < -0.4 is 11.1 Å². The third-order valence-electron chi connectivity index (χ3n) is 2.83. The van der Waals surface area contributed by atoms with E-state index >= 15 is 0 Å². The van der Waals surface area contributed by atoms with Gasteiger partial charge >= 0.3 is 0 Å². The molecule has 0 aliphatic rings. The normalized spacial score (nSPS) is 13.3. The van der Waals surface area contributed by atoms with Crippen molar-refractivity contribution in [1.82, 2.24) is 5.32 Å². The standard InChI is InChI=1S/C13H17ClFN3O2/c1-7(2)11(12(16)18-20)13(19)17-6-8-3-4-10(15)9(14)5-8/h3-5,7,11,20H,6H2,1-2H3,(H2,16,18)(H,17,19). The van der Waals surface area contributed by atoms with Gasteiger partial charge in [0, 0.05) is 6.54 Å². The Bertz CT molecular complexity index is 520. The van der Waals surface area contributed by atoms with E-state index in [-0.39, 0.29) is 29.2 Å². The summed E-state index contributed by atoms with van der Waals surface area (Å²) in [6.07, 6.45) is 0. The molecule has 4 N–H and O–H groups in total. The van der Waals surface area contributed by atoms with Gasteiger partial charge in [0.25, 0.3) is 0 Å². The molecule has 0 radical (unpaired) electrons. The fourth-order valence-corrected chi connectivity index (χ4v) is 1.99. The molecule has 0 bridgehead atoms. The second-order valence-corrected chi connectivity index (χ2v) is 5.12. The van der Waals surface area contributed by atoms with Gasteiger partial charge in [-0.2, -0.15) is 0 Å². The van der Waals surface area contributed by atoms with Gasteiger partial charge < -0.3 is 16.3 Å². The Morgan fingerprint density at radius 2 is 2.20 bits per heavy atom. The maximum Gasteiger partial charge on any atom is 0.231 e. The van der Waals surface area contributed by atoms with E-state index in [1.54, 1.807) is 13.8 Å². The molecule has 1 amide bonds. The number of carbonyl (C=O) groups is 1. The maximum atomic E-state index is 13.0. The van der Waals surface area contributed by atoms with E-state index in [2.05, 4.69) is 10.5 Å². The van der Waals surface area contributed by atoms with Crippen LogP contribution >= 0.6 is 11.6 Å². The molecule has 1 aromatic carbocycles. The van der Waals surface area contributed by atoms with E-state index < -0.39 is 11.7 Å². The molecule has 1 aromatic rings. The van der Waals surface area contributed by atoms with E-state index in [4.69, 9.17) is 22.5 Å². The summed E-state index contributed by atoms with van der Waals surface area (Å²) < 4.78 is 13.0. The number of hydrogen-bond donors (Lipinski definition) is 3. The largest absolute Gasteiger partial charge is 0.409 e. The zero-order chi connectivity index (χ0) is 15.3. The van der Waals surface area contributed by atoms with Gasteiger partial charge in [0.1, 0.15) is 11.7 Å². The van der Waals surface area contributed by atoms with Crippen molar-refractivity contribution < 1.29 is 14.4 Å². The number of amidine groups is 1. The van der Waals surface area contributed by atoms with Crippen molar-refractivity contribution in [2.45, 2.75) is 20.4 Å². The third kappa shape index (κ3) is 4.09. The molecule has 1 rings (SSSR count). The van der Waals surface area contributed by atoms with Crippen LogP contribution in [0.2, 0.25) is 5.02 Å². The zero-order valence-corrected chi connectivity index (χ0v) is 12.0. The predicted molar refractivity (Wildman–Crippen MR) is 75.0 cm³/mol. The van der Waals surface area contributed by atoms with Gasteiger partial charge in [0.2, 0.25) is 5.91 Å². The number of oxime groups is 1. The lowest BCUT2D eigenvalue weighted by molar-refractivity contribution is -0.124. The molecule has 5 nitrogen and oxygen atoms in total. The molecule has 0 aromatic heterocycles. The maximum absolute atomic E-state index is 13.0. The summed E-state index contributed by atoms with van der Waals surface area (Å²) in [7, 11) is 0. The van der Waals surface area contributed by atoms with Crippen LogP contribution in [0.4, 0.5) is 4.39 Å². The minimum absolute atomic E-state index is 0.00593. The van der Waals surface area contributed by atoms with Gasteiger partial charge in [0.05, 0.1) is 5.02 Å². The summed E-state index contributed by atoms with van der Waals surface area (Å²) in [4.78, 5) is 12.0. The molecule has 1 atom stereocenters. The first-order valence-corrected chi connectivity index (χ1v) is 6.43. The van der Waals surface area contributed by atoms with Gasteiger partial charge in [0.15, 0.2) is 5.84 Å². The van der Waals surface area contributed by atoms with Crippen LogP contribution in [-0.2, 0) is 11.3 Å². The Morgan fingerprint density at radius 1 is 1.55 bits per heavy atom. The smallest absolute Gasteiger partial charge is 0.231 e. The summed E-state index contributed by atoms with van der Waals surface area (Å²) in [6.45, 7) is 3.76. The minimum atomic E-state index is -0.726. The number of nitrogens with zero attached hydrogens (tertiary/aromatic N) is 1. The molecule has 7 heteroatoms. The van der Waals surface area contributed by atoms with Crippen LogP contribution in [0.3, 0.4) is 0 Å². The first kappa shape index (κ1) is 16.2. The Kier molecular flexibility index (Phi) is 5.76. The SMILES string of the molecule is CC(C)C(C(=O)NCc1ccc(F)c(Cl)c1)C(N)=NO. The van der Waals surface area contributed by atoms with Gasteiger partial charge in [-0.25, -0.2) is 4.39 Å². The molecule has 0 aliphatic carbocycles. The lowest BCUT2D eigenvalue weighted by Gasteiger charge is -2.18. The van der Waals surface area contributed by atoms with Crippen LogP contribution in [0, 0.1) is 17.7 Å². The first-order chi connectivity index (χ1) is 9.36. The average Bonchev–Trinajstić information content (AvgIpc) is 2.39. The zero-order valence-electron chi connectivity index (χ0n) is 11.2. The molecule has 20 heavy (non-hydrogen) atoms. The second kappa shape index (κ2) is 7.09. The van der Waals surface area contributed by atoms with E-state index in [0.717, 1.165) is 0 Å². The molecule has 0 spiro atoms. The molecule has 0 aliphatic heterocycles. The highest BCUT2D eigenvalue weighted by atomic mass is 35.5. The highest BCUT2D eigenvalue weighted by Gasteiger charge is 2.26. The van der Waals surface area contributed by atoms with Gasteiger partial charge in [-0.05, 0) is 23.6 Å². The summed E-state index contributed by atoms with van der Waals surface area (Å²) >= 11 is 5.66. The molecule has 1 unspecified atom stereocenters. The van der Waals surface area contributed by atoms with Crippen molar-refractivity contribution in [3.05, 3.63) is 34.6 Å². The number of hydrogen-bond acceptors (Lipinski definition) is 3. The van der Waals surface area contributed by atoms with Crippen LogP contribution in [0.5, 0.6) is 0 Å². The molecule has 0 saturated heterocycles. The Morgan fingerprint density at radius 3 is 2.70 bits per heavy atom. The lowest BCUT2D eigenvalue weighted by atomic mass is 9.94. The number of amides is 1. The van der Waals surface area contributed by atoms with Crippen LogP contribution in [0.1, 0.15) is 19.4 Å². The van der Waals surface area contributed by atoms with Crippen LogP contribution in [-0.4, -0.2) is 17.0 Å². The van der Waals surface area contributed by atoms with Crippen molar-refractivity contribution >= 4 is 23.3 Å². The third-order valence-corrected chi connectivity index (χ3v) is 3.12. The summed E-state index contributed by atoms with van der Waals surface area (Å²) in [5.41, 5.74) is 6.16. The molecular formula is C13H17ClFN3O2. The van der Waals surface area contributed by atoms with E-state index in [1.807, 2.05) is 0 Å². The summed E-state index contributed by atoms with van der Waals surface area (Å²) in [5.74, 6) is -1.87. The first-order valence-electron chi connectivity index (χ1n) is 6.05. The number of rotatable bonds is 5. The van der Waals surface area contributed by atoms with Gasteiger partial charge in [-0.1, -0.05) is 36.7 Å². The second-order valence-electron chi connectivity index (χ2n) is 4.71. The number of nitrogens with one attached hydrogen (secondary N) is 1. The lowest BCUT2D eigenvalue weighted by Crippen LogP contribution is -2.41. The highest BCUT2D eigenvalue weighted by Crippen LogP contribution is 2.16. The summed E-state index contributed by atoms with van der Waals surface area (Å²) in [5, 5.41) is 14.2. The fourth-order valence-electron chi connectivity index (χ4n) is 1.79. The van der Waals surface area contributed by atoms with Crippen molar-refractivity contribution in [3.63, 3.8) is 0 Å². The Hall–Kier alpha value is -1.82. The molecule has 0 fully saturated rings. The van der Waals surface area contributed by atoms with Crippen molar-refractivity contribution in [2.24, 2.45) is 22.7 Å². The Balaban J connectivity index is 2.72. The number of halogens is 2. The van der Waals surface area contributed by atoms with E-state index in [9.17, 15) is 9.18 Å². The molecular weight excluding hydrogens is 285 g/mol. The number of benzene rings is 1. The van der Waals surface area contributed by atoms with Crippen molar-refractivity contribution in [1.29, 1.82) is 0 Å². The average molecular weight is 302 g/mol.